The first-order chi connectivity index (χ1) is 4.59. The van der Waals surface area contributed by atoms with Crippen LogP contribution in [0.1, 0.15) is 20.8 Å². The lowest BCUT2D eigenvalue weighted by atomic mass is 10.1. The molecule has 0 aromatic heterocycles. The molecule has 0 aromatic carbocycles. The van der Waals surface area contributed by atoms with Gasteiger partial charge < -0.3 is 10.5 Å². The maximum Gasteiger partial charge on any atom is 0.310 e. The molecule has 0 aliphatic rings. The zero-order chi connectivity index (χ0) is 8.15. The average Bonchev–Trinajstić information content (AvgIpc) is 1.87. The molecule has 3 nitrogen and oxygen atoms in total. The predicted octanol–water partition coefficient (Wildman–Crippen LogP) is 0.533. The van der Waals surface area contributed by atoms with Gasteiger partial charge in [0.2, 0.25) is 0 Å². The molecule has 0 aliphatic carbocycles. The van der Waals surface area contributed by atoms with Gasteiger partial charge in [-0.3, -0.25) is 4.79 Å². The Bertz CT molecular complexity index is 112. The van der Waals surface area contributed by atoms with Crippen molar-refractivity contribution in [3.8, 4) is 0 Å². The topological polar surface area (TPSA) is 52.3 Å². The lowest BCUT2D eigenvalue weighted by Crippen LogP contribution is -2.31. The van der Waals surface area contributed by atoms with E-state index in [0.29, 0.717) is 6.61 Å². The van der Waals surface area contributed by atoms with E-state index in [1.807, 2.05) is 0 Å². The largest absolute Gasteiger partial charge is 0.466 e. The Balaban J connectivity index is 3.71. The van der Waals surface area contributed by atoms with E-state index in [4.69, 9.17) is 10.5 Å². The summed E-state index contributed by atoms with van der Waals surface area (Å²) < 4.78 is 4.75. The highest BCUT2D eigenvalue weighted by Crippen LogP contribution is 2.01. The molecule has 0 aliphatic heterocycles. The second-order valence-corrected chi connectivity index (χ2v) is 2.40. The highest BCUT2D eigenvalue weighted by Gasteiger charge is 2.17. The number of rotatable bonds is 3. The van der Waals surface area contributed by atoms with Gasteiger partial charge in [-0.1, -0.05) is 6.92 Å². The fourth-order valence-electron chi connectivity index (χ4n) is 0.488. The monoisotopic (exact) mass is 145 g/mol. The van der Waals surface area contributed by atoms with Crippen molar-refractivity contribution < 1.29 is 9.53 Å². The molecule has 0 unspecified atom stereocenters. The minimum Gasteiger partial charge on any atom is -0.466 e. The van der Waals surface area contributed by atoms with Crippen molar-refractivity contribution in [1.82, 2.24) is 0 Å². The summed E-state index contributed by atoms with van der Waals surface area (Å²) in [4.78, 5) is 10.9. The summed E-state index contributed by atoms with van der Waals surface area (Å²) in [6, 6.07) is -0.126. The van der Waals surface area contributed by atoms with Gasteiger partial charge in [-0.15, -0.1) is 0 Å². The predicted molar refractivity (Wildman–Crippen MR) is 39.4 cm³/mol. The second kappa shape index (κ2) is 4.28. The molecule has 0 heterocycles. The van der Waals surface area contributed by atoms with Crippen molar-refractivity contribution in [2.24, 2.45) is 11.7 Å². The van der Waals surface area contributed by atoms with Crippen LogP contribution < -0.4 is 5.73 Å². The molecule has 10 heavy (non-hydrogen) atoms. The molecule has 0 spiro atoms. The Morgan fingerprint density at radius 1 is 1.60 bits per heavy atom. The summed E-state index contributed by atoms with van der Waals surface area (Å²) in [6.07, 6.45) is 0. The lowest BCUT2D eigenvalue weighted by molar-refractivity contribution is -0.147. The molecule has 2 atom stereocenters. The molecule has 60 valence electrons. The van der Waals surface area contributed by atoms with Crippen molar-refractivity contribution in [1.29, 1.82) is 0 Å². The van der Waals surface area contributed by atoms with Crippen molar-refractivity contribution >= 4 is 5.97 Å². The smallest absolute Gasteiger partial charge is 0.310 e. The fourth-order valence-corrected chi connectivity index (χ4v) is 0.488. The third kappa shape index (κ3) is 2.82. The third-order valence-electron chi connectivity index (χ3n) is 1.45. The molecule has 0 aromatic rings. The van der Waals surface area contributed by atoms with E-state index in [2.05, 4.69) is 0 Å². The molecule has 2 N–H and O–H groups in total. The first kappa shape index (κ1) is 9.43. The van der Waals surface area contributed by atoms with Crippen LogP contribution in [0.5, 0.6) is 0 Å². The van der Waals surface area contributed by atoms with Gasteiger partial charge in [-0.05, 0) is 13.8 Å². The van der Waals surface area contributed by atoms with Crippen molar-refractivity contribution in [3.63, 3.8) is 0 Å². The van der Waals surface area contributed by atoms with Gasteiger partial charge in [0.15, 0.2) is 0 Å². The highest BCUT2D eigenvalue weighted by molar-refractivity contribution is 5.72. The SMILES string of the molecule is CCOC(=O)[C@H](C)[C@H](C)N. The van der Waals surface area contributed by atoms with E-state index < -0.39 is 0 Å². The van der Waals surface area contributed by atoms with Crippen LogP contribution in [0.15, 0.2) is 0 Å². The van der Waals surface area contributed by atoms with Gasteiger partial charge in [-0.25, -0.2) is 0 Å². The van der Waals surface area contributed by atoms with Crippen LogP contribution in [0, 0.1) is 5.92 Å². The van der Waals surface area contributed by atoms with Crippen LogP contribution in [0.25, 0.3) is 0 Å². The van der Waals surface area contributed by atoms with Gasteiger partial charge in [0.1, 0.15) is 0 Å². The lowest BCUT2D eigenvalue weighted by Gasteiger charge is -2.12. The molecular formula is C7H15NO2. The molecule has 0 bridgehead atoms. The Morgan fingerprint density at radius 3 is 2.40 bits per heavy atom. The first-order valence-corrected chi connectivity index (χ1v) is 3.51. The Morgan fingerprint density at radius 2 is 2.10 bits per heavy atom. The molecule has 0 saturated heterocycles. The number of esters is 1. The third-order valence-corrected chi connectivity index (χ3v) is 1.45. The molecular weight excluding hydrogens is 130 g/mol. The summed E-state index contributed by atoms with van der Waals surface area (Å²) in [6.45, 7) is 5.77. The number of hydrogen-bond donors (Lipinski definition) is 1. The number of ether oxygens (including phenoxy) is 1. The number of carbonyl (C=O) groups is 1. The number of carbonyl (C=O) groups excluding carboxylic acids is 1. The Kier molecular flexibility index (Phi) is 4.03. The van der Waals surface area contributed by atoms with E-state index in [9.17, 15) is 4.79 Å². The molecule has 0 radical (unpaired) electrons. The zero-order valence-electron chi connectivity index (χ0n) is 6.76. The van der Waals surface area contributed by atoms with Gasteiger partial charge in [0, 0.05) is 6.04 Å². The van der Waals surface area contributed by atoms with Gasteiger partial charge in [-0.2, -0.15) is 0 Å². The van der Waals surface area contributed by atoms with Crippen LogP contribution in [0.4, 0.5) is 0 Å². The van der Waals surface area contributed by atoms with Crippen molar-refractivity contribution in [2.75, 3.05) is 6.61 Å². The van der Waals surface area contributed by atoms with Gasteiger partial charge in [0.25, 0.3) is 0 Å². The van der Waals surface area contributed by atoms with Crippen molar-refractivity contribution in [3.05, 3.63) is 0 Å². The zero-order valence-corrected chi connectivity index (χ0v) is 6.76. The quantitative estimate of drug-likeness (QED) is 0.589. The van der Waals surface area contributed by atoms with E-state index in [0.717, 1.165) is 0 Å². The maximum atomic E-state index is 10.9. The first-order valence-electron chi connectivity index (χ1n) is 3.51. The molecule has 3 heteroatoms. The molecule has 0 amide bonds. The van der Waals surface area contributed by atoms with Gasteiger partial charge >= 0.3 is 5.97 Å². The summed E-state index contributed by atoms with van der Waals surface area (Å²) in [7, 11) is 0. The van der Waals surface area contributed by atoms with Crippen LogP contribution in [-0.2, 0) is 9.53 Å². The molecule has 0 saturated carbocycles. The van der Waals surface area contributed by atoms with E-state index >= 15 is 0 Å². The van der Waals surface area contributed by atoms with Gasteiger partial charge in [0.05, 0.1) is 12.5 Å². The maximum absolute atomic E-state index is 10.9. The highest BCUT2D eigenvalue weighted by atomic mass is 16.5. The average molecular weight is 145 g/mol. The Labute approximate surface area is 61.5 Å². The fraction of sp³-hybridized carbons (Fsp3) is 0.857. The van der Waals surface area contributed by atoms with Crippen LogP contribution in [0.3, 0.4) is 0 Å². The molecule has 0 fully saturated rings. The van der Waals surface area contributed by atoms with Crippen LogP contribution in [-0.4, -0.2) is 18.6 Å². The molecule has 0 rings (SSSR count). The van der Waals surface area contributed by atoms with E-state index in [1.165, 1.54) is 0 Å². The van der Waals surface area contributed by atoms with E-state index in [-0.39, 0.29) is 17.9 Å². The standard InChI is InChI=1S/C7H15NO2/c1-4-10-7(9)5(2)6(3)8/h5-6H,4,8H2,1-3H3/t5-,6+/m1/s1. The summed E-state index contributed by atoms with van der Waals surface area (Å²) in [5.74, 6) is -0.405. The van der Waals surface area contributed by atoms with E-state index in [1.54, 1.807) is 20.8 Å². The summed E-state index contributed by atoms with van der Waals surface area (Å²) in [5, 5.41) is 0. The van der Waals surface area contributed by atoms with Crippen molar-refractivity contribution in [2.45, 2.75) is 26.8 Å². The summed E-state index contributed by atoms with van der Waals surface area (Å²) in [5.41, 5.74) is 5.47. The minimum atomic E-state index is -0.211. The van der Waals surface area contributed by atoms with Crippen LogP contribution >= 0.6 is 0 Å². The van der Waals surface area contributed by atoms with Crippen LogP contribution in [0.2, 0.25) is 0 Å². The number of nitrogens with two attached hydrogens (primary N) is 1. The minimum absolute atomic E-state index is 0.126. The Hall–Kier alpha value is -0.570. The second-order valence-electron chi connectivity index (χ2n) is 2.40. The normalized spacial score (nSPS) is 16.0. The summed E-state index contributed by atoms with van der Waals surface area (Å²) >= 11 is 0. The number of hydrogen-bond acceptors (Lipinski definition) is 3.